The van der Waals surface area contributed by atoms with E-state index >= 15 is 0 Å². The molecule has 2 aromatic carbocycles. The lowest BCUT2D eigenvalue weighted by Crippen LogP contribution is -2.36. The van der Waals surface area contributed by atoms with Crippen LogP contribution in [0.25, 0.3) is 0 Å². The molecule has 2 aromatic rings. The molecule has 0 aliphatic heterocycles. The highest BCUT2D eigenvalue weighted by atomic mass is 35.5. The van der Waals surface area contributed by atoms with Crippen molar-refractivity contribution >= 4 is 46.8 Å². The lowest BCUT2D eigenvalue weighted by atomic mass is 9.99. The number of halogens is 1. The van der Waals surface area contributed by atoms with E-state index in [2.05, 4.69) is 11.6 Å². The van der Waals surface area contributed by atoms with Gasteiger partial charge in [0.2, 0.25) is 11.8 Å². The van der Waals surface area contributed by atoms with E-state index in [1.165, 1.54) is 11.9 Å². The molecule has 33 heavy (non-hydrogen) atoms. The van der Waals surface area contributed by atoms with Gasteiger partial charge in [0, 0.05) is 40.3 Å². The molecule has 0 fully saturated rings. The Kier molecular flexibility index (Phi) is 9.99. The van der Waals surface area contributed by atoms with Gasteiger partial charge in [-0.05, 0) is 56.8 Å². The molecule has 2 N–H and O–H groups in total. The summed E-state index contributed by atoms with van der Waals surface area (Å²) in [6.07, 6.45) is 1.42. The Morgan fingerprint density at radius 3 is 2.42 bits per heavy atom. The zero-order valence-electron chi connectivity index (χ0n) is 20.1. The number of nitrogens with one attached hydrogen (secondary N) is 2. The molecule has 0 spiro atoms. The molecule has 2 amide bonds. The van der Waals surface area contributed by atoms with E-state index in [1.807, 2.05) is 58.0 Å². The van der Waals surface area contributed by atoms with E-state index in [0.717, 1.165) is 12.0 Å². The average molecular weight is 488 g/mol. The van der Waals surface area contributed by atoms with Gasteiger partial charge in [-0.3, -0.25) is 19.7 Å². The third-order valence-corrected chi connectivity index (χ3v) is 6.31. The molecule has 1 unspecified atom stereocenters. The number of amides is 2. The van der Waals surface area contributed by atoms with Crippen molar-refractivity contribution in [2.45, 2.75) is 58.6 Å². The SMILES string of the molecule is CCC(C)CC(=O)N(CCC(=O)NSC(C)(C)C)c1ccc(Cl)cc1C(=N)c1ccccc1. The van der Waals surface area contributed by atoms with Gasteiger partial charge in [-0.2, -0.15) is 0 Å². The summed E-state index contributed by atoms with van der Waals surface area (Å²) >= 11 is 7.65. The van der Waals surface area contributed by atoms with Crippen molar-refractivity contribution in [3.63, 3.8) is 0 Å². The Labute approximate surface area is 206 Å². The van der Waals surface area contributed by atoms with Gasteiger partial charge in [-0.15, -0.1) is 0 Å². The standard InChI is InChI=1S/C26H34ClN3O2S/c1-6-18(2)16-24(32)30(15-14-23(31)29-33-26(3,4)5)22-13-12-20(27)17-21(22)25(28)19-10-8-7-9-11-19/h7-13,17-18,28H,6,14-16H2,1-5H3,(H,29,31). The van der Waals surface area contributed by atoms with Crippen molar-refractivity contribution in [1.29, 1.82) is 5.41 Å². The molecular formula is C26H34ClN3O2S. The first kappa shape index (κ1) is 26.9. The number of anilines is 1. The van der Waals surface area contributed by atoms with Crippen LogP contribution in [0.2, 0.25) is 5.02 Å². The molecule has 0 saturated heterocycles. The van der Waals surface area contributed by atoms with Gasteiger partial charge in [0.15, 0.2) is 0 Å². The smallest absolute Gasteiger partial charge is 0.231 e. The maximum absolute atomic E-state index is 13.3. The summed E-state index contributed by atoms with van der Waals surface area (Å²) in [6, 6.07) is 14.6. The summed E-state index contributed by atoms with van der Waals surface area (Å²) in [5.41, 5.74) is 2.17. The zero-order valence-corrected chi connectivity index (χ0v) is 21.6. The van der Waals surface area contributed by atoms with Gasteiger partial charge in [0.25, 0.3) is 0 Å². The van der Waals surface area contributed by atoms with E-state index in [4.69, 9.17) is 17.0 Å². The fourth-order valence-corrected chi connectivity index (χ4v) is 3.80. The molecule has 178 valence electrons. The molecule has 0 bridgehead atoms. The minimum atomic E-state index is -0.134. The molecule has 1 atom stereocenters. The van der Waals surface area contributed by atoms with Crippen molar-refractivity contribution in [1.82, 2.24) is 4.72 Å². The lowest BCUT2D eigenvalue weighted by molar-refractivity contribution is -0.120. The van der Waals surface area contributed by atoms with Crippen LogP contribution in [0.1, 0.15) is 65.0 Å². The first-order chi connectivity index (χ1) is 15.5. The predicted molar refractivity (Wildman–Crippen MR) is 140 cm³/mol. The molecule has 2 rings (SSSR count). The third kappa shape index (κ3) is 8.52. The minimum Gasteiger partial charge on any atom is -0.311 e. The van der Waals surface area contributed by atoms with E-state index in [-0.39, 0.29) is 41.2 Å². The normalized spacial score (nSPS) is 12.2. The second kappa shape index (κ2) is 12.2. The van der Waals surface area contributed by atoms with Crippen LogP contribution in [0.4, 0.5) is 5.69 Å². The van der Waals surface area contributed by atoms with Crippen LogP contribution in [-0.4, -0.2) is 28.8 Å². The average Bonchev–Trinajstić information content (AvgIpc) is 2.78. The highest BCUT2D eigenvalue weighted by molar-refractivity contribution is 7.99. The summed E-state index contributed by atoms with van der Waals surface area (Å²) in [4.78, 5) is 27.4. The van der Waals surface area contributed by atoms with Crippen molar-refractivity contribution in [3.05, 3.63) is 64.7 Å². The first-order valence-corrected chi connectivity index (χ1v) is 12.4. The quantitative estimate of drug-likeness (QED) is 0.297. The molecule has 0 aliphatic rings. The minimum absolute atomic E-state index is 0.0648. The molecule has 0 saturated carbocycles. The van der Waals surface area contributed by atoms with Gasteiger partial charge >= 0.3 is 0 Å². The van der Waals surface area contributed by atoms with Crippen LogP contribution >= 0.6 is 23.5 Å². The summed E-state index contributed by atoms with van der Waals surface area (Å²) in [5, 5.41) is 9.28. The number of benzene rings is 2. The third-order valence-electron chi connectivity index (χ3n) is 5.14. The van der Waals surface area contributed by atoms with E-state index in [1.54, 1.807) is 23.1 Å². The zero-order chi connectivity index (χ0) is 24.6. The summed E-state index contributed by atoms with van der Waals surface area (Å²) in [5.74, 6) is 0.0181. The van der Waals surface area contributed by atoms with Crippen molar-refractivity contribution in [2.24, 2.45) is 5.92 Å². The fourth-order valence-electron chi connectivity index (χ4n) is 3.11. The highest BCUT2D eigenvalue weighted by Crippen LogP contribution is 2.29. The van der Waals surface area contributed by atoms with E-state index < -0.39 is 0 Å². The topological polar surface area (TPSA) is 73.3 Å². The molecule has 0 radical (unpaired) electrons. The molecule has 7 heteroatoms. The van der Waals surface area contributed by atoms with Crippen LogP contribution in [0, 0.1) is 11.3 Å². The second-order valence-electron chi connectivity index (χ2n) is 9.16. The molecule has 0 heterocycles. The summed E-state index contributed by atoms with van der Waals surface area (Å²) < 4.78 is 2.77. The Morgan fingerprint density at radius 2 is 1.82 bits per heavy atom. The molecular weight excluding hydrogens is 454 g/mol. The largest absolute Gasteiger partial charge is 0.311 e. The predicted octanol–water partition coefficient (Wildman–Crippen LogP) is 6.48. The first-order valence-electron chi connectivity index (χ1n) is 11.2. The van der Waals surface area contributed by atoms with Crippen molar-refractivity contribution in [3.8, 4) is 0 Å². The van der Waals surface area contributed by atoms with Crippen molar-refractivity contribution in [2.75, 3.05) is 11.4 Å². The lowest BCUT2D eigenvalue weighted by Gasteiger charge is -2.27. The summed E-state index contributed by atoms with van der Waals surface area (Å²) in [7, 11) is 0. The van der Waals surface area contributed by atoms with Crippen molar-refractivity contribution < 1.29 is 9.59 Å². The Balaban J connectivity index is 2.37. The van der Waals surface area contributed by atoms with Gasteiger partial charge in [0.1, 0.15) is 0 Å². The van der Waals surface area contributed by atoms with Gasteiger partial charge < -0.3 is 4.90 Å². The van der Waals surface area contributed by atoms with Crippen LogP contribution in [0.15, 0.2) is 48.5 Å². The van der Waals surface area contributed by atoms with Gasteiger partial charge in [0.05, 0.1) is 11.4 Å². The number of hydrogen-bond acceptors (Lipinski definition) is 4. The summed E-state index contributed by atoms with van der Waals surface area (Å²) in [6.45, 7) is 10.4. The Hall–Kier alpha value is -2.31. The fraction of sp³-hybridized carbons (Fsp3) is 0.423. The van der Waals surface area contributed by atoms with Gasteiger partial charge in [-0.25, -0.2) is 0 Å². The second-order valence-corrected chi connectivity index (χ2v) is 11.2. The number of carbonyl (C=O) groups excluding carboxylic acids is 2. The monoisotopic (exact) mass is 487 g/mol. The van der Waals surface area contributed by atoms with Crippen LogP contribution in [-0.2, 0) is 9.59 Å². The molecule has 0 aliphatic carbocycles. The number of carbonyl (C=O) groups is 2. The Bertz CT molecular complexity index is 973. The molecule has 0 aromatic heterocycles. The Morgan fingerprint density at radius 1 is 1.15 bits per heavy atom. The highest BCUT2D eigenvalue weighted by Gasteiger charge is 2.24. The van der Waals surface area contributed by atoms with E-state index in [9.17, 15) is 9.59 Å². The van der Waals surface area contributed by atoms with Crippen LogP contribution in [0.5, 0.6) is 0 Å². The maximum Gasteiger partial charge on any atom is 0.231 e. The maximum atomic E-state index is 13.3. The van der Waals surface area contributed by atoms with E-state index in [0.29, 0.717) is 22.7 Å². The number of rotatable bonds is 10. The molecule has 5 nitrogen and oxygen atoms in total. The van der Waals surface area contributed by atoms with Crippen LogP contribution < -0.4 is 9.62 Å². The van der Waals surface area contributed by atoms with Crippen LogP contribution in [0.3, 0.4) is 0 Å². The van der Waals surface area contributed by atoms with Gasteiger partial charge in [-0.1, -0.05) is 62.2 Å². The number of hydrogen-bond donors (Lipinski definition) is 2. The number of nitrogens with zero attached hydrogens (tertiary/aromatic N) is 1.